The zero-order valence-corrected chi connectivity index (χ0v) is 19.5. The molecule has 0 saturated heterocycles. The summed E-state index contributed by atoms with van der Waals surface area (Å²) in [5.41, 5.74) is 14.0. The van der Waals surface area contributed by atoms with Gasteiger partial charge in [0.2, 0.25) is 0 Å². The minimum absolute atomic E-state index is 0.0882. The van der Waals surface area contributed by atoms with Crippen molar-refractivity contribution in [1.82, 2.24) is 0 Å². The fraction of sp³-hybridized carbons (Fsp3) is 0.273. The van der Waals surface area contributed by atoms with Crippen LogP contribution in [-0.4, -0.2) is 0 Å². The lowest BCUT2D eigenvalue weighted by atomic mass is 9.55. The van der Waals surface area contributed by atoms with E-state index in [1.54, 1.807) is 22.3 Å². The van der Waals surface area contributed by atoms with Gasteiger partial charge in [0.1, 0.15) is 0 Å². The first-order chi connectivity index (χ1) is 16.2. The van der Waals surface area contributed by atoms with Crippen LogP contribution < -0.4 is 0 Å². The molecular formula is C33H30. The largest absolute Gasteiger partial charge is 0.0761 e. The molecule has 0 bridgehead atoms. The summed E-state index contributed by atoms with van der Waals surface area (Å²) in [6.45, 7) is 4.68. The highest BCUT2D eigenvalue weighted by molar-refractivity contribution is 5.76. The Morgan fingerprint density at radius 1 is 0.848 bits per heavy atom. The van der Waals surface area contributed by atoms with Crippen LogP contribution in [0.4, 0.5) is 0 Å². The van der Waals surface area contributed by atoms with Crippen LogP contribution in [0.1, 0.15) is 65.0 Å². The summed E-state index contributed by atoms with van der Waals surface area (Å²) in [7, 11) is 0. The molecule has 1 spiro atoms. The summed E-state index contributed by atoms with van der Waals surface area (Å²) in [6.07, 6.45) is 11.1. The molecule has 0 radical (unpaired) electrons. The Hall–Kier alpha value is -3.12. The fourth-order valence-electron chi connectivity index (χ4n) is 7.65. The molecular weight excluding hydrogens is 396 g/mol. The number of allylic oxidation sites excluding steroid dienone is 6. The van der Waals surface area contributed by atoms with E-state index in [1.807, 2.05) is 0 Å². The zero-order valence-electron chi connectivity index (χ0n) is 19.5. The van der Waals surface area contributed by atoms with E-state index < -0.39 is 0 Å². The molecule has 0 heteroatoms. The Bertz CT molecular complexity index is 1350. The quantitative estimate of drug-likeness (QED) is 0.389. The second-order valence-electron chi connectivity index (χ2n) is 10.7. The van der Waals surface area contributed by atoms with Gasteiger partial charge < -0.3 is 0 Å². The van der Waals surface area contributed by atoms with Crippen molar-refractivity contribution in [1.29, 1.82) is 0 Å². The Kier molecular flexibility index (Phi) is 4.07. The molecule has 33 heavy (non-hydrogen) atoms. The highest BCUT2D eigenvalue weighted by atomic mass is 14.6. The van der Waals surface area contributed by atoms with Crippen molar-refractivity contribution >= 4 is 5.57 Å². The van der Waals surface area contributed by atoms with Crippen LogP contribution in [0.3, 0.4) is 0 Å². The third kappa shape index (κ3) is 2.64. The van der Waals surface area contributed by atoms with E-state index in [4.69, 9.17) is 0 Å². The molecule has 162 valence electrons. The molecule has 3 aromatic rings. The molecule has 0 N–H and O–H groups in total. The van der Waals surface area contributed by atoms with Crippen LogP contribution in [0.2, 0.25) is 0 Å². The van der Waals surface area contributed by atoms with Gasteiger partial charge in [0.25, 0.3) is 0 Å². The predicted octanol–water partition coefficient (Wildman–Crippen LogP) is 8.05. The highest BCUT2D eigenvalue weighted by Crippen LogP contribution is 2.66. The summed E-state index contributed by atoms with van der Waals surface area (Å²) < 4.78 is 0. The molecule has 7 rings (SSSR count). The van der Waals surface area contributed by atoms with Crippen molar-refractivity contribution in [2.24, 2.45) is 5.92 Å². The summed E-state index contributed by atoms with van der Waals surface area (Å²) >= 11 is 0. The van der Waals surface area contributed by atoms with Gasteiger partial charge >= 0.3 is 0 Å². The Balaban J connectivity index is 1.53. The van der Waals surface area contributed by atoms with Crippen molar-refractivity contribution in [3.8, 4) is 0 Å². The zero-order chi connectivity index (χ0) is 22.2. The maximum Gasteiger partial charge on any atom is 0.0224 e. The lowest BCUT2D eigenvalue weighted by Gasteiger charge is -2.48. The number of hydrogen-bond donors (Lipinski definition) is 0. The van der Waals surface area contributed by atoms with E-state index in [0.717, 1.165) is 12.8 Å². The van der Waals surface area contributed by atoms with Gasteiger partial charge in [-0.05, 0) is 78.0 Å². The molecule has 0 fully saturated rings. The molecule has 0 heterocycles. The third-order valence-electron chi connectivity index (χ3n) is 9.02. The molecule has 0 aromatic heterocycles. The van der Waals surface area contributed by atoms with Crippen LogP contribution in [0, 0.1) is 12.8 Å². The Morgan fingerprint density at radius 3 is 2.39 bits per heavy atom. The minimum atomic E-state index is 0.0882. The van der Waals surface area contributed by atoms with Gasteiger partial charge in [-0.1, -0.05) is 102 Å². The first-order valence-corrected chi connectivity index (χ1v) is 12.5. The second-order valence-corrected chi connectivity index (χ2v) is 10.7. The molecule has 4 unspecified atom stereocenters. The highest BCUT2D eigenvalue weighted by Gasteiger charge is 2.57. The number of benzene rings is 3. The lowest BCUT2D eigenvalue weighted by Crippen LogP contribution is -2.41. The monoisotopic (exact) mass is 426 g/mol. The van der Waals surface area contributed by atoms with Gasteiger partial charge in [-0.25, -0.2) is 0 Å². The number of fused-ring (bicyclic) bond motifs is 1. The Labute approximate surface area is 197 Å². The van der Waals surface area contributed by atoms with Gasteiger partial charge in [0.15, 0.2) is 0 Å². The number of aryl methyl sites for hydroxylation is 1. The molecule has 0 nitrogen and oxygen atoms in total. The van der Waals surface area contributed by atoms with Crippen LogP contribution in [0.5, 0.6) is 0 Å². The predicted molar refractivity (Wildman–Crippen MR) is 137 cm³/mol. The molecule has 0 saturated carbocycles. The third-order valence-corrected chi connectivity index (χ3v) is 9.02. The normalized spacial score (nSPS) is 28.9. The second kappa shape index (κ2) is 6.94. The van der Waals surface area contributed by atoms with Crippen LogP contribution in [-0.2, 0) is 11.8 Å². The SMILES string of the molecule is CC1=C2CC(c3ccccc3)=CC34CC(c5ccccc5)Cc5c(C)ccc(c53)C(C=C1)C24. The van der Waals surface area contributed by atoms with Gasteiger partial charge in [0, 0.05) is 17.3 Å². The van der Waals surface area contributed by atoms with E-state index >= 15 is 0 Å². The summed E-state index contributed by atoms with van der Waals surface area (Å²) in [6, 6.07) is 27.3. The first-order valence-electron chi connectivity index (χ1n) is 12.5. The maximum atomic E-state index is 2.74. The van der Waals surface area contributed by atoms with Gasteiger partial charge in [0.05, 0.1) is 0 Å². The average molecular weight is 427 g/mol. The van der Waals surface area contributed by atoms with E-state index in [1.165, 1.54) is 34.3 Å². The Morgan fingerprint density at radius 2 is 1.61 bits per heavy atom. The standard InChI is InChI=1S/C33H30/c1-21-13-15-27-28-16-14-22(2)30-18-26(24-11-7-4-8-12-24)20-33(32(28)30)19-25(17-29(21)31(27)33)23-9-5-3-6-10-23/h3-16,19,26-27,31H,17-18,20H2,1-2H3. The van der Waals surface area contributed by atoms with Crippen molar-refractivity contribution < 1.29 is 0 Å². The number of hydrogen-bond acceptors (Lipinski definition) is 0. The topological polar surface area (TPSA) is 0 Å². The van der Waals surface area contributed by atoms with E-state index in [2.05, 4.69) is 105 Å². The first kappa shape index (κ1) is 19.4. The van der Waals surface area contributed by atoms with E-state index in [0.29, 0.717) is 17.8 Å². The van der Waals surface area contributed by atoms with Gasteiger partial charge in [-0.2, -0.15) is 0 Å². The fourth-order valence-corrected chi connectivity index (χ4v) is 7.65. The molecule has 3 aromatic carbocycles. The summed E-state index contributed by atoms with van der Waals surface area (Å²) in [4.78, 5) is 0. The molecule has 0 amide bonds. The van der Waals surface area contributed by atoms with Crippen LogP contribution >= 0.6 is 0 Å². The maximum absolute atomic E-state index is 2.74. The van der Waals surface area contributed by atoms with Crippen molar-refractivity contribution in [3.05, 3.63) is 136 Å². The average Bonchev–Trinajstić information content (AvgIpc) is 3.15. The molecule has 0 aliphatic heterocycles. The van der Waals surface area contributed by atoms with Crippen molar-refractivity contribution in [2.45, 2.75) is 50.4 Å². The van der Waals surface area contributed by atoms with E-state index in [-0.39, 0.29) is 5.41 Å². The van der Waals surface area contributed by atoms with Crippen LogP contribution in [0.25, 0.3) is 5.57 Å². The van der Waals surface area contributed by atoms with E-state index in [9.17, 15) is 0 Å². The van der Waals surface area contributed by atoms with Gasteiger partial charge in [-0.15, -0.1) is 0 Å². The summed E-state index contributed by atoms with van der Waals surface area (Å²) in [5.74, 6) is 1.64. The van der Waals surface area contributed by atoms with Crippen molar-refractivity contribution in [3.63, 3.8) is 0 Å². The molecule has 4 aliphatic carbocycles. The van der Waals surface area contributed by atoms with Crippen LogP contribution in [0.15, 0.2) is 102 Å². The smallest absolute Gasteiger partial charge is 0.0224 e. The lowest BCUT2D eigenvalue weighted by molar-refractivity contribution is 0.307. The minimum Gasteiger partial charge on any atom is -0.0761 e. The summed E-state index contributed by atoms with van der Waals surface area (Å²) in [5, 5.41) is 0. The molecule has 4 atom stereocenters. The molecule has 4 aliphatic rings. The van der Waals surface area contributed by atoms with Crippen molar-refractivity contribution in [2.75, 3.05) is 0 Å². The number of rotatable bonds is 2. The van der Waals surface area contributed by atoms with Gasteiger partial charge in [-0.3, -0.25) is 0 Å².